The summed E-state index contributed by atoms with van der Waals surface area (Å²) in [6, 6.07) is 10.6. The Balaban J connectivity index is 1.76. The van der Waals surface area contributed by atoms with Crippen molar-refractivity contribution in [2.24, 2.45) is 0 Å². The van der Waals surface area contributed by atoms with Crippen LogP contribution < -0.4 is 4.72 Å². The Morgan fingerprint density at radius 3 is 2.62 bits per heavy atom. The van der Waals surface area contributed by atoms with Crippen LogP contribution in [-0.2, 0) is 22.7 Å². The highest BCUT2D eigenvalue weighted by atomic mass is 79.9. The lowest BCUT2D eigenvalue weighted by atomic mass is 10.2. The molecule has 0 bridgehead atoms. The van der Waals surface area contributed by atoms with E-state index in [0.717, 1.165) is 27.4 Å². The molecular formula is C15H10BrF3N2O3S2. The lowest BCUT2D eigenvalue weighted by Crippen LogP contribution is -2.22. The molecule has 26 heavy (non-hydrogen) atoms. The fourth-order valence-electron chi connectivity index (χ4n) is 2.02. The van der Waals surface area contributed by atoms with Crippen molar-refractivity contribution >= 4 is 37.3 Å². The van der Waals surface area contributed by atoms with Crippen LogP contribution >= 0.6 is 27.3 Å². The number of hydrogen-bond acceptors (Lipinski definition) is 5. The molecule has 3 aromatic rings. The van der Waals surface area contributed by atoms with Crippen molar-refractivity contribution in [2.45, 2.75) is 16.9 Å². The van der Waals surface area contributed by atoms with Crippen LogP contribution in [0.3, 0.4) is 0 Å². The van der Waals surface area contributed by atoms with E-state index < -0.39 is 22.0 Å². The molecule has 0 saturated carbocycles. The molecule has 2 aromatic heterocycles. The predicted molar refractivity (Wildman–Crippen MR) is 93.0 cm³/mol. The Hall–Kier alpha value is -1.69. The molecule has 5 nitrogen and oxygen atoms in total. The number of rotatable bonds is 5. The molecule has 0 amide bonds. The molecule has 0 radical (unpaired) electrons. The first-order valence-electron chi connectivity index (χ1n) is 7.03. The van der Waals surface area contributed by atoms with Crippen molar-refractivity contribution < 1.29 is 26.1 Å². The average Bonchev–Trinajstić information content (AvgIpc) is 3.21. The molecule has 0 unspecified atom stereocenters. The number of alkyl halides is 3. The Morgan fingerprint density at radius 1 is 1.19 bits per heavy atom. The topological polar surface area (TPSA) is 72.2 Å². The summed E-state index contributed by atoms with van der Waals surface area (Å²) in [5, 5.41) is 3.35. The molecule has 11 heteroatoms. The van der Waals surface area contributed by atoms with Crippen LogP contribution in [0.5, 0.6) is 0 Å². The van der Waals surface area contributed by atoms with E-state index in [1.54, 1.807) is 18.2 Å². The molecule has 0 aliphatic heterocycles. The first kappa shape index (κ1) is 19.1. The van der Waals surface area contributed by atoms with Crippen molar-refractivity contribution in [1.82, 2.24) is 9.88 Å². The summed E-state index contributed by atoms with van der Waals surface area (Å²) in [7, 11) is -3.81. The van der Waals surface area contributed by atoms with Gasteiger partial charge in [-0.2, -0.15) is 13.2 Å². The number of nitrogens with one attached hydrogen (secondary N) is 1. The molecule has 3 rings (SSSR count). The fraction of sp³-hybridized carbons (Fsp3) is 0.133. The van der Waals surface area contributed by atoms with E-state index in [1.807, 2.05) is 6.07 Å². The van der Waals surface area contributed by atoms with E-state index in [0.29, 0.717) is 0 Å². The van der Waals surface area contributed by atoms with Crippen molar-refractivity contribution in [1.29, 1.82) is 0 Å². The number of thiophene rings is 1. The second kappa shape index (κ2) is 7.14. The van der Waals surface area contributed by atoms with Crippen LogP contribution in [0.1, 0.15) is 11.3 Å². The van der Waals surface area contributed by atoms with E-state index in [4.69, 9.17) is 0 Å². The van der Waals surface area contributed by atoms with E-state index in [2.05, 4.69) is 30.3 Å². The van der Waals surface area contributed by atoms with Gasteiger partial charge in [-0.25, -0.2) is 13.1 Å². The monoisotopic (exact) mass is 466 g/mol. The zero-order valence-corrected chi connectivity index (χ0v) is 16.0. The Kier molecular flexibility index (Phi) is 5.24. The summed E-state index contributed by atoms with van der Waals surface area (Å²) < 4.78 is 69.9. The van der Waals surface area contributed by atoms with E-state index in [9.17, 15) is 21.6 Å². The molecule has 0 spiro atoms. The third-order valence-electron chi connectivity index (χ3n) is 3.24. The van der Waals surface area contributed by atoms with Gasteiger partial charge >= 0.3 is 6.18 Å². The zero-order chi connectivity index (χ0) is 18.9. The van der Waals surface area contributed by atoms with E-state index in [-0.39, 0.29) is 21.3 Å². The predicted octanol–water partition coefficient (Wildman–Crippen LogP) is 4.66. The summed E-state index contributed by atoms with van der Waals surface area (Å²) in [6.45, 7) is 0.0805. The summed E-state index contributed by atoms with van der Waals surface area (Å²) in [5.74, 6) is -1.24. The second-order valence-corrected chi connectivity index (χ2v) is 9.14. The molecule has 0 aliphatic rings. The zero-order valence-electron chi connectivity index (χ0n) is 12.7. The maximum absolute atomic E-state index is 12.6. The van der Waals surface area contributed by atoms with Crippen molar-refractivity contribution in [3.05, 3.63) is 58.3 Å². The Morgan fingerprint density at radius 2 is 1.96 bits per heavy atom. The third-order valence-corrected chi connectivity index (χ3v) is 6.74. The number of hydrogen-bond donors (Lipinski definition) is 1. The summed E-state index contributed by atoms with van der Waals surface area (Å²) >= 11 is 4.11. The van der Waals surface area contributed by atoms with E-state index in [1.165, 1.54) is 12.1 Å². The Labute approximate surface area is 159 Å². The minimum Gasteiger partial charge on any atom is -0.351 e. The van der Waals surface area contributed by atoms with Crippen molar-refractivity contribution in [3.8, 4) is 10.6 Å². The number of halogens is 4. The lowest BCUT2D eigenvalue weighted by molar-refractivity contribution is -0.155. The van der Waals surface area contributed by atoms with Gasteiger partial charge in [-0.3, -0.25) is 0 Å². The second-order valence-electron chi connectivity index (χ2n) is 5.15. The molecule has 0 atom stereocenters. The SMILES string of the molecule is O=S(=O)(NCc1cccc(Br)c1)c1ccc(-c2cc(C(F)(F)F)on2)s1. The van der Waals surface area contributed by atoms with Crippen LogP contribution in [0.2, 0.25) is 0 Å². The smallest absolute Gasteiger partial charge is 0.351 e. The molecular weight excluding hydrogens is 457 g/mol. The quantitative estimate of drug-likeness (QED) is 0.593. The fourth-order valence-corrected chi connectivity index (χ4v) is 4.79. The van der Waals surface area contributed by atoms with Gasteiger partial charge in [0.25, 0.3) is 0 Å². The molecule has 1 aromatic carbocycles. The van der Waals surface area contributed by atoms with Gasteiger partial charge in [0.2, 0.25) is 15.8 Å². The maximum Gasteiger partial charge on any atom is 0.452 e. The highest BCUT2D eigenvalue weighted by Crippen LogP contribution is 2.35. The highest BCUT2D eigenvalue weighted by Gasteiger charge is 2.36. The van der Waals surface area contributed by atoms with Crippen LogP contribution in [0.4, 0.5) is 13.2 Å². The summed E-state index contributed by atoms with van der Waals surface area (Å²) in [6.07, 6.45) is -4.65. The highest BCUT2D eigenvalue weighted by molar-refractivity contribution is 9.10. The average molecular weight is 467 g/mol. The van der Waals surface area contributed by atoms with Crippen molar-refractivity contribution in [2.75, 3.05) is 0 Å². The van der Waals surface area contributed by atoms with Gasteiger partial charge in [0.1, 0.15) is 9.90 Å². The van der Waals surface area contributed by atoms with Gasteiger partial charge < -0.3 is 4.52 Å². The van der Waals surface area contributed by atoms with Gasteiger partial charge in [0.05, 0.1) is 4.88 Å². The van der Waals surface area contributed by atoms with Crippen LogP contribution in [-0.4, -0.2) is 13.6 Å². The number of benzene rings is 1. The molecule has 0 saturated heterocycles. The lowest BCUT2D eigenvalue weighted by Gasteiger charge is -2.05. The minimum absolute atomic E-state index is 0.0287. The molecule has 1 N–H and O–H groups in total. The number of nitrogens with zero attached hydrogens (tertiary/aromatic N) is 1. The van der Waals surface area contributed by atoms with E-state index >= 15 is 0 Å². The maximum atomic E-state index is 12.6. The van der Waals surface area contributed by atoms with Gasteiger partial charge in [-0.1, -0.05) is 33.2 Å². The largest absolute Gasteiger partial charge is 0.452 e. The first-order chi connectivity index (χ1) is 12.1. The molecule has 138 valence electrons. The van der Waals surface area contributed by atoms with Gasteiger partial charge in [0.15, 0.2) is 0 Å². The van der Waals surface area contributed by atoms with Crippen LogP contribution in [0.25, 0.3) is 10.6 Å². The molecule has 0 fully saturated rings. The van der Waals surface area contributed by atoms with Crippen molar-refractivity contribution in [3.63, 3.8) is 0 Å². The number of sulfonamides is 1. The Bertz CT molecular complexity index is 1030. The van der Waals surface area contributed by atoms with Gasteiger partial charge in [-0.15, -0.1) is 11.3 Å². The molecule has 0 aliphatic carbocycles. The van der Waals surface area contributed by atoms with Crippen LogP contribution in [0, 0.1) is 0 Å². The normalized spacial score (nSPS) is 12.5. The van der Waals surface area contributed by atoms with Gasteiger partial charge in [0, 0.05) is 17.1 Å². The minimum atomic E-state index is -4.65. The third kappa shape index (κ3) is 4.34. The summed E-state index contributed by atoms with van der Waals surface area (Å²) in [5.41, 5.74) is 0.682. The summed E-state index contributed by atoms with van der Waals surface area (Å²) in [4.78, 5) is 0.257. The first-order valence-corrected chi connectivity index (χ1v) is 10.1. The standard InChI is InChI=1S/C15H10BrF3N2O3S2/c16-10-3-1-2-9(6-10)8-20-26(22,23)14-5-4-12(25-14)11-7-13(24-21-11)15(17,18)19/h1-7,20H,8H2. The van der Waals surface area contributed by atoms with Crippen LogP contribution in [0.15, 0.2) is 55.7 Å². The molecule has 2 heterocycles. The number of aromatic nitrogens is 1. The van der Waals surface area contributed by atoms with Gasteiger partial charge in [-0.05, 0) is 29.8 Å².